The van der Waals surface area contributed by atoms with Crippen LogP contribution in [-0.2, 0) is 11.2 Å². The molecular formula is C12H10ClNO3. The molecular weight excluding hydrogens is 242 g/mol. The van der Waals surface area contributed by atoms with E-state index in [1.54, 1.807) is 23.6 Å². The maximum atomic E-state index is 11.0. The molecule has 0 fully saturated rings. The zero-order valence-electron chi connectivity index (χ0n) is 8.79. The lowest BCUT2D eigenvalue weighted by molar-refractivity contribution is -0.132. The van der Waals surface area contributed by atoms with Crippen LogP contribution in [0.4, 0.5) is 5.69 Å². The molecule has 5 heteroatoms. The number of halogens is 1. The number of carboxylic acids is 1. The highest BCUT2D eigenvalue weighted by molar-refractivity contribution is 5.90. The summed E-state index contributed by atoms with van der Waals surface area (Å²) >= 11 is 0. The number of carbonyl (C=O) groups is 1. The van der Waals surface area contributed by atoms with Crippen molar-refractivity contribution >= 4 is 24.1 Å². The highest BCUT2D eigenvalue weighted by Gasteiger charge is 2.24. The van der Waals surface area contributed by atoms with E-state index in [4.69, 9.17) is 9.84 Å². The molecule has 0 saturated heterocycles. The van der Waals surface area contributed by atoms with E-state index < -0.39 is 5.97 Å². The summed E-state index contributed by atoms with van der Waals surface area (Å²) in [7, 11) is 0. The van der Waals surface area contributed by atoms with E-state index in [0.717, 1.165) is 17.0 Å². The summed E-state index contributed by atoms with van der Waals surface area (Å²) in [6.45, 7) is 0. The molecule has 0 aromatic heterocycles. The van der Waals surface area contributed by atoms with E-state index in [9.17, 15) is 4.79 Å². The first-order chi connectivity index (χ1) is 7.75. The van der Waals surface area contributed by atoms with Gasteiger partial charge in [0, 0.05) is 18.8 Å². The monoisotopic (exact) mass is 251 g/mol. The number of ether oxygens (including phenoxy) is 1. The normalized spacial score (nSPS) is 15.3. The van der Waals surface area contributed by atoms with Gasteiger partial charge in [0.1, 0.15) is 6.26 Å². The molecule has 0 radical (unpaired) electrons. The second kappa shape index (κ2) is 4.14. The SMILES string of the molecule is Cl.O=C(O)C1=CN2C=COc3cccc(c32)C1. The number of aliphatic carboxylic acids is 1. The number of benzene rings is 1. The van der Waals surface area contributed by atoms with Crippen molar-refractivity contribution in [2.75, 3.05) is 4.90 Å². The number of anilines is 1. The first-order valence-electron chi connectivity index (χ1n) is 4.93. The van der Waals surface area contributed by atoms with Crippen LogP contribution < -0.4 is 9.64 Å². The van der Waals surface area contributed by atoms with Crippen LogP contribution in [0.25, 0.3) is 0 Å². The lowest BCUT2D eigenvalue weighted by Gasteiger charge is -2.29. The second-order valence-electron chi connectivity index (χ2n) is 3.71. The van der Waals surface area contributed by atoms with E-state index in [1.165, 1.54) is 0 Å². The summed E-state index contributed by atoms with van der Waals surface area (Å²) < 4.78 is 5.37. The second-order valence-corrected chi connectivity index (χ2v) is 3.71. The van der Waals surface area contributed by atoms with Gasteiger partial charge < -0.3 is 14.7 Å². The van der Waals surface area contributed by atoms with E-state index >= 15 is 0 Å². The molecule has 17 heavy (non-hydrogen) atoms. The molecule has 88 valence electrons. The summed E-state index contributed by atoms with van der Waals surface area (Å²) in [4.78, 5) is 12.8. The van der Waals surface area contributed by atoms with Crippen molar-refractivity contribution in [3.05, 3.63) is 48.0 Å². The van der Waals surface area contributed by atoms with Crippen molar-refractivity contribution < 1.29 is 14.6 Å². The van der Waals surface area contributed by atoms with Gasteiger partial charge in [0.15, 0.2) is 5.75 Å². The Morgan fingerprint density at radius 2 is 2.24 bits per heavy atom. The number of carboxylic acid groups (broad SMARTS) is 1. The largest absolute Gasteiger partial charge is 0.478 e. The van der Waals surface area contributed by atoms with E-state index in [1.807, 2.05) is 18.2 Å². The minimum Gasteiger partial charge on any atom is -0.478 e. The standard InChI is InChI=1S/C12H9NO3.ClH/c14-12(15)9-6-8-2-1-3-10-11(8)13(7-9)4-5-16-10;/h1-5,7H,6H2,(H,14,15);1H. The van der Waals surface area contributed by atoms with Gasteiger partial charge in [-0.3, -0.25) is 0 Å². The van der Waals surface area contributed by atoms with Crippen molar-refractivity contribution in [1.29, 1.82) is 0 Å². The van der Waals surface area contributed by atoms with Crippen molar-refractivity contribution in [3.8, 4) is 5.75 Å². The smallest absolute Gasteiger partial charge is 0.333 e. The summed E-state index contributed by atoms with van der Waals surface area (Å²) in [5, 5.41) is 9.01. The van der Waals surface area contributed by atoms with Crippen molar-refractivity contribution in [1.82, 2.24) is 0 Å². The van der Waals surface area contributed by atoms with Gasteiger partial charge in [0.05, 0.1) is 11.3 Å². The number of hydrogen-bond acceptors (Lipinski definition) is 3. The topological polar surface area (TPSA) is 49.8 Å². The average Bonchev–Trinajstić information content (AvgIpc) is 2.29. The Hall–Kier alpha value is -1.94. The van der Waals surface area contributed by atoms with Crippen LogP contribution >= 0.6 is 12.4 Å². The highest BCUT2D eigenvalue weighted by atomic mass is 35.5. The molecule has 1 aromatic carbocycles. The molecule has 0 atom stereocenters. The van der Waals surface area contributed by atoms with Crippen molar-refractivity contribution in [2.45, 2.75) is 6.42 Å². The molecule has 1 aromatic rings. The molecule has 0 spiro atoms. The van der Waals surface area contributed by atoms with Crippen LogP contribution in [0.3, 0.4) is 0 Å². The molecule has 4 nitrogen and oxygen atoms in total. The Bertz CT molecular complexity index is 537. The molecule has 2 aliphatic heterocycles. The minimum absolute atomic E-state index is 0. The Morgan fingerprint density at radius 3 is 3.00 bits per heavy atom. The number of hydrogen-bond donors (Lipinski definition) is 1. The molecule has 3 rings (SSSR count). The number of nitrogens with zero attached hydrogens (tertiary/aromatic N) is 1. The van der Waals surface area contributed by atoms with Crippen LogP contribution in [0, 0.1) is 0 Å². The third-order valence-electron chi connectivity index (χ3n) is 2.71. The van der Waals surface area contributed by atoms with Gasteiger partial charge in [-0.2, -0.15) is 0 Å². The molecule has 0 bridgehead atoms. The van der Waals surface area contributed by atoms with Crippen LogP contribution in [-0.4, -0.2) is 11.1 Å². The highest BCUT2D eigenvalue weighted by Crippen LogP contribution is 2.39. The van der Waals surface area contributed by atoms with Gasteiger partial charge in [-0.15, -0.1) is 12.4 Å². The van der Waals surface area contributed by atoms with Crippen LogP contribution in [0.5, 0.6) is 5.75 Å². The quantitative estimate of drug-likeness (QED) is 0.832. The molecule has 0 unspecified atom stereocenters. The molecule has 2 aliphatic rings. The van der Waals surface area contributed by atoms with Gasteiger partial charge in [0.25, 0.3) is 0 Å². The Balaban J connectivity index is 0.00000108. The van der Waals surface area contributed by atoms with Crippen molar-refractivity contribution in [3.63, 3.8) is 0 Å². The lowest BCUT2D eigenvalue weighted by atomic mass is 9.99. The maximum Gasteiger partial charge on any atom is 0.333 e. The maximum absolute atomic E-state index is 11.0. The fraction of sp³-hybridized carbons (Fsp3) is 0.0833. The Kier molecular flexibility index (Phi) is 2.81. The molecule has 0 aliphatic carbocycles. The third kappa shape index (κ3) is 1.76. The predicted octanol–water partition coefficient (Wildman–Crippen LogP) is 2.30. The first kappa shape index (κ1) is 11.5. The lowest BCUT2D eigenvalue weighted by Crippen LogP contribution is -2.22. The predicted molar refractivity (Wildman–Crippen MR) is 65.4 cm³/mol. The zero-order chi connectivity index (χ0) is 11.1. The zero-order valence-corrected chi connectivity index (χ0v) is 9.61. The summed E-state index contributed by atoms with van der Waals surface area (Å²) in [6, 6.07) is 5.66. The van der Waals surface area contributed by atoms with E-state index in [2.05, 4.69) is 0 Å². The summed E-state index contributed by atoms with van der Waals surface area (Å²) in [5.41, 5.74) is 2.30. The van der Waals surface area contributed by atoms with Crippen LogP contribution in [0.2, 0.25) is 0 Å². The molecule has 1 N–H and O–H groups in total. The summed E-state index contributed by atoms with van der Waals surface area (Å²) in [6.07, 6.45) is 5.33. The molecule has 0 amide bonds. The van der Waals surface area contributed by atoms with Crippen LogP contribution in [0.15, 0.2) is 42.4 Å². The molecule has 0 saturated carbocycles. The van der Waals surface area contributed by atoms with Crippen molar-refractivity contribution in [2.24, 2.45) is 0 Å². The Morgan fingerprint density at radius 1 is 1.41 bits per heavy atom. The van der Waals surface area contributed by atoms with Gasteiger partial charge in [-0.05, 0) is 11.6 Å². The van der Waals surface area contributed by atoms with Gasteiger partial charge >= 0.3 is 5.97 Å². The van der Waals surface area contributed by atoms with E-state index in [-0.39, 0.29) is 12.4 Å². The first-order valence-corrected chi connectivity index (χ1v) is 4.93. The number of rotatable bonds is 1. The average molecular weight is 252 g/mol. The van der Waals surface area contributed by atoms with Gasteiger partial charge in [-0.25, -0.2) is 4.79 Å². The van der Waals surface area contributed by atoms with Crippen LogP contribution in [0.1, 0.15) is 5.56 Å². The van der Waals surface area contributed by atoms with Gasteiger partial charge in [0.2, 0.25) is 0 Å². The Labute approximate surface area is 104 Å². The molecule has 2 heterocycles. The number of para-hydroxylation sites is 1. The third-order valence-corrected chi connectivity index (χ3v) is 2.71. The fourth-order valence-electron chi connectivity index (χ4n) is 2.00. The van der Waals surface area contributed by atoms with Gasteiger partial charge in [-0.1, -0.05) is 12.1 Å². The fourth-order valence-corrected chi connectivity index (χ4v) is 2.00. The van der Waals surface area contributed by atoms with E-state index in [0.29, 0.717) is 12.0 Å². The minimum atomic E-state index is -0.879. The summed E-state index contributed by atoms with van der Waals surface area (Å²) in [5.74, 6) is -0.114.